The third kappa shape index (κ3) is 4.91. The third-order valence-electron chi connectivity index (χ3n) is 5.99. The summed E-state index contributed by atoms with van der Waals surface area (Å²) in [4.78, 5) is 16.9. The predicted molar refractivity (Wildman–Crippen MR) is 122 cm³/mol. The molecule has 1 fully saturated rings. The number of rotatable bonds is 4. The number of benzene rings is 2. The van der Waals surface area contributed by atoms with Crippen LogP contribution >= 0.6 is 11.6 Å². The summed E-state index contributed by atoms with van der Waals surface area (Å²) in [6.07, 6.45) is -2.78. The van der Waals surface area contributed by atoms with Crippen LogP contribution in [0.25, 0.3) is 16.9 Å². The minimum Gasteiger partial charge on any atom is -0.339 e. The first kappa shape index (κ1) is 23.3. The van der Waals surface area contributed by atoms with Crippen molar-refractivity contribution >= 4 is 17.5 Å². The Morgan fingerprint density at radius 3 is 2.27 bits per heavy atom. The molecule has 5 nitrogen and oxygen atoms in total. The Balaban J connectivity index is 1.62. The molecule has 4 rings (SSSR count). The van der Waals surface area contributed by atoms with Crippen molar-refractivity contribution in [3.8, 4) is 16.9 Å². The second-order valence-corrected chi connectivity index (χ2v) is 8.75. The number of alkyl halides is 3. The normalized spacial score (nSPS) is 15.3. The van der Waals surface area contributed by atoms with Gasteiger partial charge in [0, 0.05) is 30.3 Å². The second-order valence-electron chi connectivity index (χ2n) is 8.34. The molecular formula is C24H24ClF3N4O. The van der Waals surface area contributed by atoms with Gasteiger partial charge in [0.05, 0.1) is 16.4 Å². The topological polar surface area (TPSA) is 41.4 Å². The van der Waals surface area contributed by atoms with Gasteiger partial charge in [-0.2, -0.15) is 18.3 Å². The maximum absolute atomic E-state index is 13.4. The highest BCUT2D eigenvalue weighted by Gasteiger charge is 2.35. The van der Waals surface area contributed by atoms with E-state index in [9.17, 15) is 18.0 Å². The molecule has 0 unspecified atom stereocenters. The molecule has 174 valence electrons. The first-order valence-electron chi connectivity index (χ1n) is 10.6. The number of likely N-dealkylation sites (tertiary alicyclic amines) is 1. The van der Waals surface area contributed by atoms with Crippen molar-refractivity contribution in [1.29, 1.82) is 0 Å². The van der Waals surface area contributed by atoms with Crippen molar-refractivity contribution in [2.24, 2.45) is 0 Å². The number of hydrogen-bond donors (Lipinski definition) is 0. The van der Waals surface area contributed by atoms with Gasteiger partial charge >= 0.3 is 6.18 Å². The van der Waals surface area contributed by atoms with Crippen LogP contribution in [-0.4, -0.2) is 58.7 Å². The van der Waals surface area contributed by atoms with Crippen LogP contribution < -0.4 is 0 Å². The maximum Gasteiger partial charge on any atom is 0.435 e. The zero-order chi connectivity index (χ0) is 23.8. The highest BCUT2D eigenvalue weighted by molar-refractivity contribution is 6.32. The SMILES string of the molecule is CN(C)C1CCN(C(=O)c2ccc(-c3cc(C(F)(F)F)nn3-c3ccccc3Cl)cc2)CC1. The van der Waals surface area contributed by atoms with Crippen LogP contribution in [0.4, 0.5) is 13.2 Å². The lowest BCUT2D eigenvalue weighted by Gasteiger charge is -2.35. The Morgan fingerprint density at radius 2 is 1.70 bits per heavy atom. The summed E-state index contributed by atoms with van der Waals surface area (Å²) < 4.78 is 41.4. The average Bonchev–Trinajstić information content (AvgIpc) is 3.25. The lowest BCUT2D eigenvalue weighted by atomic mass is 10.0. The summed E-state index contributed by atoms with van der Waals surface area (Å²) in [6, 6.07) is 14.6. The number of amides is 1. The second kappa shape index (κ2) is 9.19. The standard InChI is InChI=1S/C24H24ClF3N4O/c1-30(2)18-11-13-31(14-12-18)23(33)17-9-7-16(8-10-17)21-15-22(24(26,27)28)29-32(21)20-6-4-3-5-19(20)25/h3-10,15,18H,11-14H2,1-2H3. The van der Waals surface area contributed by atoms with Gasteiger partial charge in [0.1, 0.15) is 0 Å². The van der Waals surface area contributed by atoms with E-state index in [2.05, 4.69) is 10.00 Å². The van der Waals surface area contributed by atoms with E-state index < -0.39 is 11.9 Å². The molecular weight excluding hydrogens is 453 g/mol. The molecule has 1 amide bonds. The van der Waals surface area contributed by atoms with Gasteiger partial charge in [-0.05, 0) is 57.3 Å². The minimum atomic E-state index is -4.60. The first-order valence-corrected chi connectivity index (χ1v) is 11.0. The Labute approximate surface area is 195 Å². The van der Waals surface area contributed by atoms with Gasteiger partial charge in [0.2, 0.25) is 0 Å². The van der Waals surface area contributed by atoms with Gasteiger partial charge in [0.25, 0.3) is 5.91 Å². The van der Waals surface area contributed by atoms with Gasteiger partial charge in [-0.15, -0.1) is 0 Å². The fourth-order valence-corrected chi connectivity index (χ4v) is 4.30. The van der Waals surface area contributed by atoms with Gasteiger partial charge in [-0.25, -0.2) is 4.68 Å². The molecule has 0 saturated carbocycles. The molecule has 1 saturated heterocycles. The molecule has 3 aromatic rings. The van der Waals surface area contributed by atoms with Gasteiger partial charge < -0.3 is 9.80 Å². The molecule has 0 bridgehead atoms. The molecule has 0 radical (unpaired) electrons. The fraction of sp³-hybridized carbons (Fsp3) is 0.333. The van der Waals surface area contributed by atoms with Crippen LogP contribution in [0, 0.1) is 0 Å². The van der Waals surface area contributed by atoms with E-state index in [1.807, 2.05) is 19.0 Å². The van der Waals surface area contributed by atoms with Crippen molar-refractivity contribution in [3.63, 3.8) is 0 Å². The Morgan fingerprint density at radius 1 is 1.06 bits per heavy atom. The largest absolute Gasteiger partial charge is 0.435 e. The van der Waals surface area contributed by atoms with E-state index in [1.165, 1.54) is 4.68 Å². The summed E-state index contributed by atoms with van der Waals surface area (Å²) in [5.74, 6) is -0.0747. The van der Waals surface area contributed by atoms with Crippen molar-refractivity contribution in [2.45, 2.75) is 25.1 Å². The molecule has 1 aliphatic heterocycles. The van der Waals surface area contributed by atoms with Crippen molar-refractivity contribution in [3.05, 3.63) is 70.9 Å². The molecule has 2 heterocycles. The predicted octanol–water partition coefficient (Wildman–Crippen LogP) is 5.38. The van der Waals surface area contributed by atoms with E-state index in [4.69, 9.17) is 11.6 Å². The average molecular weight is 477 g/mol. The Bertz CT molecular complexity index is 1130. The fourth-order valence-electron chi connectivity index (χ4n) is 4.08. The summed E-state index contributed by atoms with van der Waals surface area (Å²) >= 11 is 6.23. The van der Waals surface area contributed by atoms with Crippen LogP contribution in [0.5, 0.6) is 0 Å². The minimum absolute atomic E-state index is 0.0747. The van der Waals surface area contributed by atoms with Crippen molar-refractivity contribution in [2.75, 3.05) is 27.2 Å². The highest BCUT2D eigenvalue weighted by atomic mass is 35.5. The molecule has 0 N–H and O–H groups in total. The van der Waals surface area contributed by atoms with Crippen LogP contribution in [0.1, 0.15) is 28.9 Å². The molecule has 0 atom stereocenters. The number of aromatic nitrogens is 2. The smallest absolute Gasteiger partial charge is 0.339 e. The quantitative estimate of drug-likeness (QED) is 0.508. The monoisotopic (exact) mass is 476 g/mol. The molecule has 1 aromatic heterocycles. The number of hydrogen-bond acceptors (Lipinski definition) is 3. The zero-order valence-electron chi connectivity index (χ0n) is 18.3. The summed E-state index contributed by atoms with van der Waals surface area (Å²) in [6.45, 7) is 1.36. The third-order valence-corrected chi connectivity index (χ3v) is 6.31. The molecule has 0 spiro atoms. The van der Waals surface area contributed by atoms with Gasteiger partial charge in [-0.1, -0.05) is 35.9 Å². The van der Waals surface area contributed by atoms with Gasteiger partial charge in [0.15, 0.2) is 5.69 Å². The first-order chi connectivity index (χ1) is 15.6. The van der Waals surface area contributed by atoms with Crippen molar-refractivity contribution in [1.82, 2.24) is 19.6 Å². The number of halogens is 4. The number of carbonyl (C=O) groups is 1. The van der Waals surface area contributed by atoms with E-state index in [1.54, 1.807) is 48.5 Å². The van der Waals surface area contributed by atoms with E-state index in [-0.39, 0.29) is 16.6 Å². The van der Waals surface area contributed by atoms with E-state index in [0.29, 0.717) is 35.9 Å². The van der Waals surface area contributed by atoms with Crippen LogP contribution in [0.15, 0.2) is 54.6 Å². The number of carbonyl (C=O) groups excluding carboxylic acids is 1. The molecule has 1 aliphatic rings. The van der Waals surface area contributed by atoms with Crippen LogP contribution in [0.2, 0.25) is 5.02 Å². The molecule has 33 heavy (non-hydrogen) atoms. The van der Waals surface area contributed by atoms with E-state index >= 15 is 0 Å². The Hall–Kier alpha value is -2.84. The number of para-hydroxylation sites is 1. The van der Waals surface area contributed by atoms with Gasteiger partial charge in [-0.3, -0.25) is 4.79 Å². The highest BCUT2D eigenvalue weighted by Crippen LogP contribution is 2.34. The van der Waals surface area contributed by atoms with E-state index in [0.717, 1.165) is 18.9 Å². The molecule has 2 aromatic carbocycles. The lowest BCUT2D eigenvalue weighted by molar-refractivity contribution is -0.141. The lowest BCUT2D eigenvalue weighted by Crippen LogP contribution is -2.44. The number of piperidine rings is 1. The van der Waals surface area contributed by atoms with Crippen LogP contribution in [-0.2, 0) is 6.18 Å². The molecule has 9 heteroatoms. The summed E-state index contributed by atoms with van der Waals surface area (Å²) in [5.41, 5.74) is 0.568. The summed E-state index contributed by atoms with van der Waals surface area (Å²) in [7, 11) is 4.08. The molecule has 0 aliphatic carbocycles. The summed E-state index contributed by atoms with van der Waals surface area (Å²) in [5, 5.41) is 4.05. The number of nitrogens with zero attached hydrogens (tertiary/aromatic N) is 4. The maximum atomic E-state index is 13.4. The zero-order valence-corrected chi connectivity index (χ0v) is 19.1. The van der Waals surface area contributed by atoms with Crippen LogP contribution in [0.3, 0.4) is 0 Å². The van der Waals surface area contributed by atoms with Crippen molar-refractivity contribution < 1.29 is 18.0 Å². The Kier molecular flexibility index (Phi) is 6.50.